The van der Waals surface area contributed by atoms with Crippen LogP contribution in [0.2, 0.25) is 0 Å². The second kappa shape index (κ2) is 11.2. The fraction of sp³-hybridized carbons (Fsp3) is 0.219. The van der Waals surface area contributed by atoms with Crippen LogP contribution in [0.1, 0.15) is 45.8 Å². The smallest absolute Gasteiger partial charge is 0.354 e. The summed E-state index contributed by atoms with van der Waals surface area (Å²) in [4.78, 5) is 24.8. The highest BCUT2D eigenvalue weighted by Crippen LogP contribution is 2.48. The Balaban J connectivity index is 1.24. The second-order valence-corrected chi connectivity index (χ2v) is 10.6. The van der Waals surface area contributed by atoms with Gasteiger partial charge in [-0.05, 0) is 54.8 Å². The molecule has 11 heteroatoms. The average molecular weight is 584 g/mol. The van der Waals surface area contributed by atoms with Crippen LogP contribution in [0.5, 0.6) is 5.88 Å². The number of nitrogens with zero attached hydrogens (tertiary/aromatic N) is 5. The van der Waals surface area contributed by atoms with Gasteiger partial charge in [-0.25, -0.2) is 28.5 Å². The lowest BCUT2D eigenvalue weighted by molar-refractivity contribution is 0.0690. The van der Waals surface area contributed by atoms with Gasteiger partial charge in [0.2, 0.25) is 5.88 Å². The molecule has 1 N–H and O–H groups in total. The van der Waals surface area contributed by atoms with Crippen LogP contribution in [0, 0.1) is 28.4 Å². The lowest BCUT2D eigenvalue weighted by Crippen LogP contribution is -2.17. The molecular weight excluding hydrogens is 559 g/mol. The third kappa shape index (κ3) is 5.77. The SMILES string of the molecule is N#Cc1ccc(COc2cccc(-c3ccc(Cc4nc5ccc(C(=O)O)nc5n4CC4(CF)CC4)c(F)c3)n2)c(F)c1. The number of pyridine rings is 2. The van der Waals surface area contributed by atoms with Gasteiger partial charge in [-0.15, -0.1) is 0 Å². The van der Waals surface area contributed by atoms with Gasteiger partial charge in [0.25, 0.3) is 0 Å². The second-order valence-electron chi connectivity index (χ2n) is 10.6. The van der Waals surface area contributed by atoms with E-state index in [9.17, 15) is 18.7 Å². The molecule has 1 saturated carbocycles. The molecule has 0 radical (unpaired) electrons. The number of imidazole rings is 1. The third-order valence-corrected chi connectivity index (χ3v) is 7.60. The van der Waals surface area contributed by atoms with Crippen LogP contribution in [0.3, 0.4) is 0 Å². The normalized spacial score (nSPS) is 13.5. The molecule has 8 nitrogen and oxygen atoms in total. The van der Waals surface area contributed by atoms with Crippen molar-refractivity contribution >= 4 is 17.1 Å². The van der Waals surface area contributed by atoms with E-state index in [-0.39, 0.29) is 42.3 Å². The van der Waals surface area contributed by atoms with Crippen molar-refractivity contribution in [3.63, 3.8) is 0 Å². The number of rotatable bonds is 10. The van der Waals surface area contributed by atoms with E-state index < -0.39 is 29.7 Å². The van der Waals surface area contributed by atoms with E-state index in [0.717, 1.165) is 6.07 Å². The number of halogens is 3. The van der Waals surface area contributed by atoms with Gasteiger partial charge in [0.1, 0.15) is 29.6 Å². The molecule has 43 heavy (non-hydrogen) atoms. The first-order valence-corrected chi connectivity index (χ1v) is 13.5. The van der Waals surface area contributed by atoms with Gasteiger partial charge in [-0.3, -0.25) is 4.39 Å². The average Bonchev–Trinajstić information content (AvgIpc) is 3.72. The summed E-state index contributed by atoms with van der Waals surface area (Å²) in [5.41, 5.74) is 1.83. The number of carboxylic acid groups (broad SMARTS) is 1. The van der Waals surface area contributed by atoms with Crippen molar-refractivity contribution in [1.29, 1.82) is 5.26 Å². The highest BCUT2D eigenvalue weighted by atomic mass is 19.1. The Morgan fingerprint density at radius 2 is 1.79 bits per heavy atom. The van der Waals surface area contributed by atoms with Crippen molar-refractivity contribution in [1.82, 2.24) is 19.5 Å². The van der Waals surface area contributed by atoms with Gasteiger partial charge in [-0.1, -0.05) is 24.3 Å². The summed E-state index contributed by atoms with van der Waals surface area (Å²) < 4.78 is 50.9. The molecule has 0 unspecified atom stereocenters. The van der Waals surface area contributed by atoms with Crippen molar-refractivity contribution in [2.45, 2.75) is 32.4 Å². The molecule has 0 spiro atoms. The van der Waals surface area contributed by atoms with E-state index in [0.29, 0.717) is 46.7 Å². The number of benzene rings is 2. The van der Waals surface area contributed by atoms with E-state index in [1.165, 1.54) is 24.3 Å². The summed E-state index contributed by atoms with van der Waals surface area (Å²) >= 11 is 0. The van der Waals surface area contributed by atoms with Crippen LogP contribution in [0.25, 0.3) is 22.4 Å². The van der Waals surface area contributed by atoms with Crippen molar-refractivity contribution < 1.29 is 27.8 Å². The largest absolute Gasteiger partial charge is 0.477 e. The van der Waals surface area contributed by atoms with Gasteiger partial charge >= 0.3 is 5.97 Å². The Morgan fingerprint density at radius 3 is 2.49 bits per heavy atom. The summed E-state index contributed by atoms with van der Waals surface area (Å²) in [6.45, 7) is -0.352. The van der Waals surface area contributed by atoms with E-state index in [1.807, 2.05) is 6.07 Å². The van der Waals surface area contributed by atoms with Crippen LogP contribution in [0.4, 0.5) is 13.2 Å². The molecule has 3 aromatic heterocycles. The Kier molecular flexibility index (Phi) is 7.27. The molecule has 1 fully saturated rings. The molecule has 0 amide bonds. The zero-order chi connectivity index (χ0) is 30.1. The molecule has 216 valence electrons. The molecule has 0 bridgehead atoms. The minimum atomic E-state index is -1.19. The summed E-state index contributed by atoms with van der Waals surface area (Å²) in [5.74, 6) is -1.57. The number of hydrogen-bond donors (Lipinski definition) is 1. The number of nitriles is 1. The summed E-state index contributed by atoms with van der Waals surface area (Å²) in [5, 5.41) is 18.3. The number of aromatic nitrogens is 4. The first-order chi connectivity index (χ1) is 20.8. The molecule has 0 atom stereocenters. The summed E-state index contributed by atoms with van der Waals surface area (Å²) in [6, 6.07) is 18.6. The predicted octanol–water partition coefficient (Wildman–Crippen LogP) is 6.26. The molecule has 6 rings (SSSR count). The number of alkyl halides is 1. The topological polar surface area (TPSA) is 114 Å². The van der Waals surface area contributed by atoms with E-state index >= 15 is 4.39 Å². The third-order valence-electron chi connectivity index (χ3n) is 7.60. The molecular formula is C32H24F3N5O3. The number of ether oxygens (including phenoxy) is 1. The predicted molar refractivity (Wildman–Crippen MR) is 150 cm³/mol. The van der Waals surface area contributed by atoms with Gasteiger partial charge < -0.3 is 14.4 Å². The van der Waals surface area contributed by atoms with Crippen molar-refractivity contribution in [3.8, 4) is 23.2 Å². The number of carbonyl (C=O) groups is 1. The zero-order valence-electron chi connectivity index (χ0n) is 22.7. The Labute approximate surface area is 244 Å². The van der Waals surface area contributed by atoms with Crippen molar-refractivity contribution in [2.24, 2.45) is 5.41 Å². The maximum atomic E-state index is 15.5. The summed E-state index contributed by atoms with van der Waals surface area (Å²) in [6.07, 6.45) is 1.48. The van der Waals surface area contributed by atoms with Gasteiger partial charge in [0.15, 0.2) is 11.3 Å². The molecule has 5 aromatic rings. The summed E-state index contributed by atoms with van der Waals surface area (Å²) in [7, 11) is 0. The van der Waals surface area contributed by atoms with Crippen molar-refractivity contribution in [2.75, 3.05) is 6.67 Å². The first kappa shape index (κ1) is 27.9. The number of carboxylic acids is 1. The maximum absolute atomic E-state index is 15.5. The fourth-order valence-corrected chi connectivity index (χ4v) is 4.88. The highest BCUT2D eigenvalue weighted by Gasteiger charge is 2.44. The van der Waals surface area contributed by atoms with E-state index in [1.54, 1.807) is 41.0 Å². The lowest BCUT2D eigenvalue weighted by Gasteiger charge is -2.15. The standard InChI is InChI=1S/C32H24F3N5O3/c33-17-32(10-11-32)18-40-28(37-26-8-9-27(31(41)42)39-30(26)40)14-20-6-7-21(13-24(20)35)25-2-1-3-29(38-25)43-16-22-5-4-19(15-36)12-23(22)34/h1-9,12-13H,10-11,14,16-18H2,(H,41,42). The number of fused-ring (bicyclic) bond motifs is 1. The maximum Gasteiger partial charge on any atom is 0.354 e. The first-order valence-electron chi connectivity index (χ1n) is 13.5. The minimum Gasteiger partial charge on any atom is -0.477 e. The van der Waals surface area contributed by atoms with Crippen molar-refractivity contribution in [3.05, 3.63) is 107 Å². The lowest BCUT2D eigenvalue weighted by atomic mass is 10.0. The zero-order valence-corrected chi connectivity index (χ0v) is 22.7. The fourth-order valence-electron chi connectivity index (χ4n) is 4.88. The molecule has 0 saturated heterocycles. The number of hydrogen-bond acceptors (Lipinski definition) is 6. The monoisotopic (exact) mass is 583 g/mol. The van der Waals surface area contributed by atoms with Gasteiger partial charge in [0, 0.05) is 35.6 Å². The van der Waals surface area contributed by atoms with Crippen LogP contribution < -0.4 is 4.74 Å². The molecule has 1 aliphatic rings. The van der Waals surface area contributed by atoms with Crippen LogP contribution >= 0.6 is 0 Å². The van der Waals surface area contributed by atoms with Crippen LogP contribution in [-0.4, -0.2) is 37.3 Å². The molecule has 1 aliphatic carbocycles. The molecule has 2 aromatic carbocycles. The quantitative estimate of drug-likeness (QED) is 0.206. The highest BCUT2D eigenvalue weighted by molar-refractivity contribution is 5.88. The molecule has 0 aliphatic heterocycles. The van der Waals surface area contributed by atoms with Crippen LogP contribution in [-0.2, 0) is 19.6 Å². The van der Waals surface area contributed by atoms with Gasteiger partial charge in [-0.2, -0.15) is 5.26 Å². The minimum absolute atomic E-state index is 0.0833. The Morgan fingerprint density at radius 1 is 1.00 bits per heavy atom. The van der Waals surface area contributed by atoms with Gasteiger partial charge in [0.05, 0.1) is 24.0 Å². The van der Waals surface area contributed by atoms with E-state index in [2.05, 4.69) is 15.0 Å². The van der Waals surface area contributed by atoms with E-state index in [4.69, 9.17) is 10.00 Å². The molecule has 3 heterocycles. The Bertz CT molecular complexity index is 1910. The Hall–Kier alpha value is -5.24. The number of aromatic carboxylic acids is 1. The van der Waals surface area contributed by atoms with Crippen LogP contribution in [0.15, 0.2) is 66.7 Å².